The number of ether oxygens (including phenoxy) is 4. The van der Waals surface area contributed by atoms with Gasteiger partial charge in [0.05, 0.1) is 32.0 Å². The molecule has 0 aromatic heterocycles. The molecule has 12 atom stereocenters. The highest BCUT2D eigenvalue weighted by atomic mass is 16.7. The first kappa shape index (κ1) is 78.3. The van der Waals surface area contributed by atoms with Crippen molar-refractivity contribution in [2.45, 2.75) is 383 Å². The third-order valence-corrected chi connectivity index (χ3v) is 17.4. The van der Waals surface area contributed by atoms with Gasteiger partial charge in [0.25, 0.3) is 0 Å². The molecule has 9 N–H and O–H groups in total. The fourth-order valence-corrected chi connectivity index (χ4v) is 11.7. The van der Waals surface area contributed by atoms with Crippen molar-refractivity contribution >= 4 is 5.91 Å². The van der Waals surface area contributed by atoms with Crippen LogP contribution in [0, 0.1) is 0 Å². The van der Waals surface area contributed by atoms with Crippen LogP contribution in [-0.4, -0.2) is 140 Å². The van der Waals surface area contributed by atoms with Crippen LogP contribution in [0.25, 0.3) is 0 Å². The minimum atomic E-state index is -1.78. The Labute approximate surface area is 512 Å². The molecule has 0 bridgehead atoms. The van der Waals surface area contributed by atoms with Crippen LogP contribution in [0.4, 0.5) is 0 Å². The van der Waals surface area contributed by atoms with E-state index in [0.29, 0.717) is 12.8 Å². The molecule has 494 valence electrons. The number of allylic oxidation sites excluding steroid dienone is 6. The van der Waals surface area contributed by atoms with E-state index >= 15 is 0 Å². The molecule has 2 fully saturated rings. The summed E-state index contributed by atoms with van der Waals surface area (Å²) in [5.74, 6) is -0.202. The zero-order valence-electron chi connectivity index (χ0n) is 53.7. The highest BCUT2D eigenvalue weighted by Crippen LogP contribution is 2.30. The fraction of sp³-hybridized carbons (Fsp3) is 0.900. The molecule has 12 unspecified atom stereocenters. The number of aliphatic hydroxyl groups is 8. The van der Waals surface area contributed by atoms with Crippen molar-refractivity contribution in [3.63, 3.8) is 0 Å². The van der Waals surface area contributed by atoms with Gasteiger partial charge in [0.2, 0.25) is 5.91 Å². The Bertz CT molecular complexity index is 1550. The van der Waals surface area contributed by atoms with Crippen LogP contribution in [0.3, 0.4) is 0 Å². The summed E-state index contributed by atoms with van der Waals surface area (Å²) in [7, 11) is 0. The summed E-state index contributed by atoms with van der Waals surface area (Å²) in [6.45, 7) is 2.89. The van der Waals surface area contributed by atoms with Crippen molar-refractivity contribution in [2.24, 2.45) is 0 Å². The van der Waals surface area contributed by atoms with E-state index in [4.69, 9.17) is 18.9 Å². The Morgan fingerprint density at radius 3 is 1.20 bits per heavy atom. The molecule has 2 aliphatic rings. The Morgan fingerprint density at radius 2 is 0.786 bits per heavy atom. The normalized spacial score (nSPS) is 23.8. The molecule has 14 heteroatoms. The van der Waals surface area contributed by atoms with Gasteiger partial charge < -0.3 is 65.1 Å². The lowest BCUT2D eigenvalue weighted by atomic mass is 9.97. The van der Waals surface area contributed by atoms with Gasteiger partial charge in [-0.05, 0) is 51.4 Å². The molecule has 0 saturated carbocycles. The lowest BCUT2D eigenvalue weighted by Gasteiger charge is -2.46. The van der Waals surface area contributed by atoms with E-state index in [1.807, 2.05) is 0 Å². The minimum absolute atomic E-state index is 0.202. The number of nitrogens with one attached hydrogen (secondary N) is 1. The van der Waals surface area contributed by atoms with Crippen molar-refractivity contribution in [1.82, 2.24) is 5.32 Å². The second-order valence-electron chi connectivity index (χ2n) is 25.0. The van der Waals surface area contributed by atoms with Gasteiger partial charge in [-0.2, -0.15) is 0 Å². The number of amides is 1. The van der Waals surface area contributed by atoms with E-state index in [9.17, 15) is 45.6 Å². The van der Waals surface area contributed by atoms with Gasteiger partial charge in [0.1, 0.15) is 48.8 Å². The van der Waals surface area contributed by atoms with Gasteiger partial charge in [-0.1, -0.05) is 288 Å². The summed E-state index contributed by atoms with van der Waals surface area (Å²) in [5, 5.41) is 87.6. The molecular weight excluding hydrogens is 1060 g/mol. The van der Waals surface area contributed by atoms with E-state index in [1.165, 1.54) is 218 Å². The van der Waals surface area contributed by atoms with Gasteiger partial charge >= 0.3 is 0 Å². The molecule has 0 radical (unpaired) electrons. The smallest absolute Gasteiger partial charge is 0.220 e. The van der Waals surface area contributed by atoms with E-state index in [0.717, 1.165) is 64.2 Å². The largest absolute Gasteiger partial charge is 0.394 e. The molecule has 2 aliphatic heterocycles. The molecule has 2 rings (SSSR count). The molecule has 2 heterocycles. The SMILES string of the molecule is CCCCCCC/C=C\C/C=C\C/C=C\CCCCCCCCCCCCCCCCCCC(=O)NC(COC1OC(CO)C(OC2OC(CO)C(O)C(O)C2O)C(O)C1O)C(O)CCCCCCCCCCCCCCCCCCCCC. The molecule has 14 nitrogen and oxygen atoms in total. The fourth-order valence-electron chi connectivity index (χ4n) is 11.7. The van der Waals surface area contributed by atoms with Crippen molar-refractivity contribution < 1.29 is 64.6 Å². The van der Waals surface area contributed by atoms with E-state index in [1.54, 1.807) is 0 Å². The first-order valence-corrected chi connectivity index (χ1v) is 35.2. The maximum Gasteiger partial charge on any atom is 0.220 e. The van der Waals surface area contributed by atoms with Gasteiger partial charge in [-0.15, -0.1) is 0 Å². The maximum absolute atomic E-state index is 13.3. The average molecular weight is 1190 g/mol. The number of carbonyl (C=O) groups excluding carboxylic acids is 1. The minimum Gasteiger partial charge on any atom is -0.394 e. The zero-order chi connectivity index (χ0) is 60.9. The molecule has 0 aromatic carbocycles. The summed E-state index contributed by atoms with van der Waals surface area (Å²) in [6.07, 6.45) is 53.0. The van der Waals surface area contributed by atoms with E-state index in [-0.39, 0.29) is 12.5 Å². The molecule has 1 amide bonds. The van der Waals surface area contributed by atoms with E-state index < -0.39 is 86.8 Å². The number of carbonyl (C=O) groups is 1. The lowest BCUT2D eigenvalue weighted by molar-refractivity contribution is -0.359. The standard InChI is InChI=1S/C70H131NO13/c1-3-5-7-9-11-13-15-17-19-21-23-24-25-26-27-28-29-30-31-32-33-34-36-38-40-42-44-46-48-50-52-54-62(75)71-58(59(74)53-51-49-47-45-43-41-39-37-35-22-20-18-16-14-12-10-8-6-4-2)57-81-69-67(80)65(78)68(61(56-73)83-69)84-70-66(79)64(77)63(76)60(55-72)82-70/h15,17,21,23,25-26,58-61,63-70,72-74,76-80H,3-14,16,18-20,22,24,27-57H2,1-2H3,(H,71,75)/b17-15-,23-21-,26-25-. The number of hydrogen-bond donors (Lipinski definition) is 9. The molecule has 0 spiro atoms. The summed E-state index contributed by atoms with van der Waals surface area (Å²) in [5.41, 5.74) is 0. The van der Waals surface area contributed by atoms with Crippen LogP contribution in [0.5, 0.6) is 0 Å². The third kappa shape index (κ3) is 39.3. The van der Waals surface area contributed by atoms with Crippen molar-refractivity contribution in [3.05, 3.63) is 36.5 Å². The molecule has 0 aliphatic carbocycles. The lowest BCUT2D eigenvalue weighted by Crippen LogP contribution is -2.65. The van der Waals surface area contributed by atoms with Gasteiger partial charge in [-0.25, -0.2) is 0 Å². The number of aliphatic hydroxyl groups excluding tert-OH is 8. The molecule has 0 aromatic rings. The molecular formula is C70H131NO13. The second-order valence-corrected chi connectivity index (χ2v) is 25.0. The van der Waals surface area contributed by atoms with E-state index in [2.05, 4.69) is 55.6 Å². The van der Waals surface area contributed by atoms with Crippen LogP contribution in [-0.2, 0) is 23.7 Å². The summed E-state index contributed by atoms with van der Waals surface area (Å²) >= 11 is 0. The van der Waals surface area contributed by atoms with Gasteiger partial charge in [-0.3, -0.25) is 4.79 Å². The van der Waals surface area contributed by atoms with Crippen LogP contribution in [0.2, 0.25) is 0 Å². The first-order chi connectivity index (χ1) is 41.1. The van der Waals surface area contributed by atoms with Crippen LogP contribution < -0.4 is 5.32 Å². The summed E-state index contributed by atoms with van der Waals surface area (Å²) in [4.78, 5) is 13.3. The predicted octanol–water partition coefficient (Wildman–Crippen LogP) is 14.1. The van der Waals surface area contributed by atoms with Gasteiger partial charge in [0, 0.05) is 6.42 Å². The van der Waals surface area contributed by atoms with Crippen molar-refractivity contribution in [2.75, 3.05) is 19.8 Å². The highest BCUT2D eigenvalue weighted by Gasteiger charge is 2.51. The Morgan fingerprint density at radius 1 is 0.429 bits per heavy atom. The summed E-state index contributed by atoms with van der Waals surface area (Å²) < 4.78 is 22.9. The third-order valence-electron chi connectivity index (χ3n) is 17.4. The quantitative estimate of drug-likeness (QED) is 0.0204. The topological polar surface area (TPSA) is 228 Å². The Hall–Kier alpha value is -1.79. The predicted molar refractivity (Wildman–Crippen MR) is 341 cm³/mol. The Balaban J connectivity index is 1.65. The zero-order valence-corrected chi connectivity index (χ0v) is 53.7. The van der Waals surface area contributed by atoms with Crippen molar-refractivity contribution in [1.29, 1.82) is 0 Å². The highest BCUT2D eigenvalue weighted by molar-refractivity contribution is 5.76. The van der Waals surface area contributed by atoms with Gasteiger partial charge in [0.15, 0.2) is 12.6 Å². The van der Waals surface area contributed by atoms with Crippen molar-refractivity contribution in [3.8, 4) is 0 Å². The average Bonchev–Trinajstić information content (AvgIpc) is 3.18. The number of rotatable bonds is 58. The maximum atomic E-state index is 13.3. The number of hydrogen-bond acceptors (Lipinski definition) is 13. The van der Waals surface area contributed by atoms with Crippen LogP contribution >= 0.6 is 0 Å². The monoisotopic (exact) mass is 1190 g/mol. The molecule has 84 heavy (non-hydrogen) atoms. The molecule has 2 saturated heterocycles. The second kappa shape index (κ2) is 55.3. The Kier molecular flexibility index (Phi) is 51.5. The summed E-state index contributed by atoms with van der Waals surface area (Å²) in [6, 6.07) is -0.829. The first-order valence-electron chi connectivity index (χ1n) is 35.2. The van der Waals surface area contributed by atoms with Crippen LogP contribution in [0.1, 0.15) is 309 Å². The number of unbranched alkanes of at least 4 members (excludes halogenated alkanes) is 39. The van der Waals surface area contributed by atoms with Crippen LogP contribution in [0.15, 0.2) is 36.5 Å².